The molecular formula is C22H26FN3O3. The average Bonchev–Trinajstić information content (AvgIpc) is 2.74. The zero-order valence-corrected chi connectivity index (χ0v) is 16.5. The van der Waals surface area contributed by atoms with Gasteiger partial charge in [-0.05, 0) is 43.1 Å². The van der Waals surface area contributed by atoms with E-state index >= 15 is 0 Å². The molecule has 1 atom stereocenters. The Morgan fingerprint density at radius 2 is 2.17 bits per heavy atom. The van der Waals surface area contributed by atoms with Crippen molar-refractivity contribution in [1.82, 2.24) is 10.3 Å². The van der Waals surface area contributed by atoms with Crippen LogP contribution in [0, 0.1) is 11.7 Å². The van der Waals surface area contributed by atoms with Crippen molar-refractivity contribution in [3.05, 3.63) is 53.8 Å². The number of methoxy groups -OCH3 is 1. The summed E-state index contributed by atoms with van der Waals surface area (Å²) in [5.41, 5.74) is 5.36. The third kappa shape index (κ3) is 5.54. The van der Waals surface area contributed by atoms with Gasteiger partial charge in [-0.2, -0.15) is 5.10 Å². The largest absolute Gasteiger partial charge is 0.496 e. The first-order valence-corrected chi connectivity index (χ1v) is 9.72. The quantitative estimate of drug-likeness (QED) is 0.405. The van der Waals surface area contributed by atoms with Gasteiger partial charge in [0.15, 0.2) is 0 Å². The number of nitrogens with zero attached hydrogens (tertiary/aromatic N) is 2. The van der Waals surface area contributed by atoms with Gasteiger partial charge >= 0.3 is 5.97 Å². The number of hydrogen-bond acceptors (Lipinski definition) is 5. The summed E-state index contributed by atoms with van der Waals surface area (Å²) < 4.78 is 19.1. The SMILES string of the molecule is COc1ccc(F)cc1-c1ccccc1/C=N/NCCN1CCCC(C(=O)O)C1. The number of ether oxygens (including phenoxy) is 1. The Morgan fingerprint density at radius 3 is 2.97 bits per heavy atom. The summed E-state index contributed by atoms with van der Waals surface area (Å²) in [6.45, 7) is 2.86. The molecule has 0 radical (unpaired) electrons. The van der Waals surface area contributed by atoms with Crippen LogP contribution < -0.4 is 10.2 Å². The molecule has 0 amide bonds. The third-order valence-corrected chi connectivity index (χ3v) is 5.10. The van der Waals surface area contributed by atoms with Crippen molar-refractivity contribution >= 4 is 12.2 Å². The lowest BCUT2D eigenvalue weighted by molar-refractivity contribution is -0.143. The standard InChI is InChI=1S/C22H26FN3O3/c1-29-21-9-8-18(23)13-20(21)19-7-3-2-5-16(19)14-25-24-10-12-26-11-4-6-17(15-26)22(27)28/h2-3,5,7-9,13-14,17,24H,4,6,10-12,15H2,1H3,(H,27,28)/b25-14+. The van der Waals surface area contributed by atoms with Crippen molar-refractivity contribution in [3.8, 4) is 16.9 Å². The number of hydrazone groups is 1. The second-order valence-corrected chi connectivity index (χ2v) is 7.08. The lowest BCUT2D eigenvalue weighted by atomic mass is 9.98. The molecule has 1 saturated heterocycles. The van der Waals surface area contributed by atoms with E-state index in [2.05, 4.69) is 15.4 Å². The smallest absolute Gasteiger partial charge is 0.307 e. The Kier molecular flexibility index (Phi) is 7.19. The zero-order valence-electron chi connectivity index (χ0n) is 16.5. The fraction of sp³-hybridized carbons (Fsp3) is 0.364. The van der Waals surface area contributed by atoms with Crippen molar-refractivity contribution in [2.75, 3.05) is 33.3 Å². The van der Waals surface area contributed by atoms with Crippen LogP contribution in [0.15, 0.2) is 47.6 Å². The molecule has 0 aliphatic carbocycles. The summed E-state index contributed by atoms with van der Waals surface area (Å²) in [6.07, 6.45) is 3.36. The Bertz CT molecular complexity index is 872. The number of piperidine rings is 1. The first-order chi connectivity index (χ1) is 14.1. The maximum absolute atomic E-state index is 13.8. The highest BCUT2D eigenvalue weighted by atomic mass is 19.1. The van der Waals surface area contributed by atoms with Crippen LogP contribution in [0.3, 0.4) is 0 Å². The average molecular weight is 399 g/mol. The Hall–Kier alpha value is -2.93. The van der Waals surface area contributed by atoms with Crippen LogP contribution in [0.25, 0.3) is 11.1 Å². The molecule has 3 rings (SSSR count). The van der Waals surface area contributed by atoms with Crippen molar-refractivity contribution in [2.45, 2.75) is 12.8 Å². The summed E-state index contributed by atoms with van der Waals surface area (Å²) in [7, 11) is 1.56. The van der Waals surface area contributed by atoms with Gasteiger partial charge in [-0.15, -0.1) is 0 Å². The summed E-state index contributed by atoms with van der Waals surface area (Å²) in [5, 5.41) is 13.5. The highest BCUT2D eigenvalue weighted by Crippen LogP contribution is 2.32. The van der Waals surface area contributed by atoms with Gasteiger partial charge in [0, 0.05) is 30.8 Å². The van der Waals surface area contributed by atoms with E-state index in [-0.39, 0.29) is 11.7 Å². The van der Waals surface area contributed by atoms with E-state index in [4.69, 9.17) is 9.84 Å². The van der Waals surface area contributed by atoms with Gasteiger partial charge in [0.05, 0.1) is 19.2 Å². The maximum atomic E-state index is 13.8. The molecular weight excluding hydrogens is 373 g/mol. The summed E-state index contributed by atoms with van der Waals surface area (Å²) >= 11 is 0. The van der Waals surface area contributed by atoms with Crippen LogP contribution in [0.2, 0.25) is 0 Å². The van der Waals surface area contributed by atoms with Gasteiger partial charge in [0.1, 0.15) is 11.6 Å². The molecule has 1 heterocycles. The molecule has 1 unspecified atom stereocenters. The number of carbonyl (C=O) groups is 1. The third-order valence-electron chi connectivity index (χ3n) is 5.10. The van der Waals surface area contributed by atoms with E-state index in [1.807, 2.05) is 24.3 Å². The van der Waals surface area contributed by atoms with Gasteiger partial charge in [-0.25, -0.2) is 4.39 Å². The second-order valence-electron chi connectivity index (χ2n) is 7.08. The summed E-state index contributed by atoms with van der Waals surface area (Å²) in [5.74, 6) is -0.726. The van der Waals surface area contributed by atoms with Crippen LogP contribution in [0.1, 0.15) is 18.4 Å². The van der Waals surface area contributed by atoms with E-state index in [0.717, 1.165) is 37.1 Å². The predicted octanol–water partition coefficient (Wildman–Crippen LogP) is 3.22. The predicted molar refractivity (Wildman–Crippen MR) is 111 cm³/mol. The number of aliphatic carboxylic acids is 1. The van der Waals surface area contributed by atoms with E-state index in [1.54, 1.807) is 19.4 Å². The monoisotopic (exact) mass is 399 g/mol. The highest BCUT2D eigenvalue weighted by Gasteiger charge is 2.24. The lowest BCUT2D eigenvalue weighted by Crippen LogP contribution is -2.41. The number of hydrogen-bond donors (Lipinski definition) is 2. The van der Waals surface area contributed by atoms with Gasteiger partial charge in [0.2, 0.25) is 0 Å². The Labute approximate surface area is 170 Å². The van der Waals surface area contributed by atoms with Crippen molar-refractivity contribution in [2.24, 2.45) is 11.0 Å². The topological polar surface area (TPSA) is 74.2 Å². The fourth-order valence-corrected chi connectivity index (χ4v) is 3.59. The van der Waals surface area contributed by atoms with E-state index in [9.17, 15) is 9.18 Å². The molecule has 2 aromatic rings. The molecule has 6 nitrogen and oxygen atoms in total. The first kappa shape index (κ1) is 20.8. The van der Waals surface area contributed by atoms with Crippen molar-refractivity contribution < 1.29 is 19.0 Å². The first-order valence-electron chi connectivity index (χ1n) is 9.72. The number of rotatable bonds is 8. The van der Waals surface area contributed by atoms with Crippen molar-refractivity contribution in [3.63, 3.8) is 0 Å². The van der Waals surface area contributed by atoms with E-state index < -0.39 is 5.97 Å². The van der Waals surface area contributed by atoms with Crippen LogP contribution >= 0.6 is 0 Å². The molecule has 0 bridgehead atoms. The number of halogens is 1. The minimum atomic E-state index is -0.718. The maximum Gasteiger partial charge on any atom is 0.307 e. The number of likely N-dealkylation sites (tertiary alicyclic amines) is 1. The number of benzene rings is 2. The van der Waals surface area contributed by atoms with Crippen LogP contribution in [0.5, 0.6) is 5.75 Å². The van der Waals surface area contributed by atoms with Gasteiger partial charge in [-0.3, -0.25) is 4.79 Å². The highest BCUT2D eigenvalue weighted by molar-refractivity contribution is 5.91. The van der Waals surface area contributed by atoms with Crippen molar-refractivity contribution in [1.29, 1.82) is 0 Å². The number of nitrogens with one attached hydrogen (secondary N) is 1. The lowest BCUT2D eigenvalue weighted by Gasteiger charge is -2.30. The molecule has 7 heteroatoms. The molecule has 0 spiro atoms. The minimum absolute atomic E-state index is 0.277. The minimum Gasteiger partial charge on any atom is -0.496 e. The zero-order chi connectivity index (χ0) is 20.6. The molecule has 0 saturated carbocycles. The Morgan fingerprint density at radius 1 is 1.34 bits per heavy atom. The van der Waals surface area contributed by atoms with Gasteiger partial charge in [-0.1, -0.05) is 24.3 Å². The molecule has 1 aliphatic heterocycles. The van der Waals surface area contributed by atoms with E-state index in [0.29, 0.717) is 24.4 Å². The number of carboxylic acids is 1. The normalized spacial score (nSPS) is 17.4. The van der Waals surface area contributed by atoms with Crippen LogP contribution in [-0.4, -0.2) is 55.5 Å². The summed E-state index contributed by atoms with van der Waals surface area (Å²) in [4.78, 5) is 13.3. The van der Waals surface area contributed by atoms with E-state index in [1.165, 1.54) is 12.1 Å². The van der Waals surface area contributed by atoms with Crippen LogP contribution in [0.4, 0.5) is 4.39 Å². The Balaban J connectivity index is 1.61. The van der Waals surface area contributed by atoms with Gasteiger partial charge in [0.25, 0.3) is 0 Å². The molecule has 2 aromatic carbocycles. The molecule has 2 N–H and O–H groups in total. The fourth-order valence-electron chi connectivity index (χ4n) is 3.59. The number of carboxylic acid groups (broad SMARTS) is 1. The van der Waals surface area contributed by atoms with Gasteiger partial charge < -0.3 is 20.2 Å². The molecule has 1 fully saturated rings. The molecule has 0 aromatic heterocycles. The molecule has 1 aliphatic rings. The summed E-state index contributed by atoms with van der Waals surface area (Å²) in [6, 6.07) is 12.0. The second kappa shape index (κ2) is 10.0. The van der Waals surface area contributed by atoms with Crippen LogP contribution in [-0.2, 0) is 4.79 Å². The molecule has 154 valence electrons. The molecule has 29 heavy (non-hydrogen) atoms.